The molecule has 0 saturated heterocycles. The van der Waals surface area contributed by atoms with Crippen molar-refractivity contribution in [3.05, 3.63) is 29.3 Å². The number of hydrogen-bond donors (Lipinski definition) is 1. The van der Waals surface area contributed by atoms with Crippen molar-refractivity contribution in [2.24, 2.45) is 0 Å². The van der Waals surface area contributed by atoms with Crippen LogP contribution in [0.1, 0.15) is 52.7 Å². The van der Waals surface area contributed by atoms with Gasteiger partial charge >= 0.3 is 102 Å². The summed E-state index contributed by atoms with van der Waals surface area (Å²) in [5.41, 5.74) is 3.30. The minimum atomic E-state index is -5.09. The van der Waals surface area contributed by atoms with Crippen LogP contribution in [0.15, 0.2) is 18.2 Å². The van der Waals surface area contributed by atoms with Crippen molar-refractivity contribution in [2.45, 2.75) is 52.4 Å². The van der Waals surface area contributed by atoms with Crippen LogP contribution in [0.4, 0.5) is 0 Å². The Bertz CT molecular complexity index is 511. The Morgan fingerprint density at radius 1 is 1.10 bits per heavy atom. The molecule has 1 aromatic rings. The molecule has 0 spiro atoms. The fourth-order valence-electron chi connectivity index (χ4n) is 1.67. The molecule has 0 fully saturated rings. The minimum Gasteiger partial charge on any atom is -0.788 e. The van der Waals surface area contributed by atoms with Crippen LogP contribution < -0.4 is 14.2 Å². The average Bonchev–Trinajstić information content (AvgIpc) is 2.26. The molecule has 0 aromatic heterocycles. The van der Waals surface area contributed by atoms with Gasteiger partial charge in [0.05, 0.1) is 7.82 Å². The molecule has 1 aromatic carbocycles. The number of hydrogen-bond acceptors (Lipinski definition) is 5. The van der Waals surface area contributed by atoms with Crippen LogP contribution in [0.2, 0.25) is 0 Å². The molecule has 0 heterocycles. The van der Waals surface area contributed by atoms with Crippen molar-refractivity contribution in [1.82, 2.24) is 0 Å². The second kappa shape index (κ2) is 7.39. The summed E-state index contributed by atoms with van der Waals surface area (Å²) in [5.74, 6) is 0. The third-order valence-corrected chi connectivity index (χ3v) is 3.53. The van der Waals surface area contributed by atoms with E-state index in [2.05, 4.69) is 80.7 Å². The molecule has 116 valence electrons. The SMILES string of the molecule is CC(C)(C)c1cc[c]([Al+2])c(C(C)(C)C)c1.O=P([O-])([O-])OO. The summed E-state index contributed by atoms with van der Waals surface area (Å²) in [7, 11) is -5.09. The van der Waals surface area contributed by atoms with Crippen LogP contribution in [0.5, 0.6) is 0 Å². The van der Waals surface area contributed by atoms with E-state index in [1.54, 1.807) is 0 Å². The molecule has 0 atom stereocenters. The van der Waals surface area contributed by atoms with E-state index in [1.165, 1.54) is 15.6 Å². The van der Waals surface area contributed by atoms with Crippen LogP contribution >= 0.6 is 7.82 Å². The molecule has 1 rings (SSSR count). The Morgan fingerprint density at radius 2 is 1.52 bits per heavy atom. The Kier molecular flexibility index (Phi) is 7.33. The van der Waals surface area contributed by atoms with Crippen LogP contribution in [0, 0.1) is 0 Å². The summed E-state index contributed by atoms with van der Waals surface area (Å²) >= 11 is 2.84. The van der Waals surface area contributed by atoms with Gasteiger partial charge in [-0.25, -0.2) is 9.93 Å². The number of phosphoric acid groups is 1. The molecule has 0 aliphatic rings. The Hall–Kier alpha value is -0.178. The summed E-state index contributed by atoms with van der Waals surface area (Å²) in [6.07, 6.45) is 0. The molecule has 0 radical (unpaired) electrons. The van der Waals surface area contributed by atoms with Crippen LogP contribution in [0.25, 0.3) is 0 Å². The predicted molar refractivity (Wildman–Crippen MR) is 80.6 cm³/mol. The fourth-order valence-corrected chi connectivity index (χ4v) is 2.28. The zero-order valence-electron chi connectivity index (χ0n) is 13.3. The quantitative estimate of drug-likeness (QED) is 0.364. The van der Waals surface area contributed by atoms with Crippen molar-refractivity contribution in [2.75, 3.05) is 0 Å². The van der Waals surface area contributed by atoms with Gasteiger partial charge in [-0.2, -0.15) is 0 Å². The van der Waals surface area contributed by atoms with E-state index in [0.29, 0.717) is 0 Å². The first-order valence-corrected chi connectivity index (χ1v) is 8.48. The normalized spacial score (nSPS) is 12.7. The van der Waals surface area contributed by atoms with Crippen LogP contribution in [-0.2, 0) is 20.1 Å². The summed E-state index contributed by atoms with van der Waals surface area (Å²) in [4.78, 5) is 18.0. The van der Waals surface area contributed by atoms with E-state index < -0.39 is 7.82 Å². The van der Waals surface area contributed by atoms with Crippen molar-refractivity contribution >= 4 is 28.5 Å². The van der Waals surface area contributed by atoms with E-state index in [4.69, 9.17) is 19.6 Å². The first-order valence-electron chi connectivity index (χ1n) is 6.44. The second-order valence-corrected chi connectivity index (χ2v) is 8.51. The van der Waals surface area contributed by atoms with Crippen LogP contribution in [0.3, 0.4) is 0 Å². The maximum absolute atomic E-state index is 9.00. The predicted octanol–water partition coefficient (Wildman–Crippen LogP) is 1.38. The minimum absolute atomic E-state index is 0.221. The summed E-state index contributed by atoms with van der Waals surface area (Å²) in [6, 6.07) is 6.80. The van der Waals surface area contributed by atoms with Gasteiger partial charge in [0.25, 0.3) is 0 Å². The smallest absolute Gasteiger partial charge is 0.0998 e. The Labute approximate surface area is 134 Å². The summed E-state index contributed by atoms with van der Waals surface area (Å²) in [5, 5.41) is 7.01. The molecule has 0 saturated carbocycles. The molecule has 0 unspecified atom stereocenters. The van der Waals surface area contributed by atoms with Gasteiger partial charge < -0.3 is 14.4 Å². The van der Waals surface area contributed by atoms with E-state index >= 15 is 0 Å². The molecular weight excluding hydrogens is 306 g/mol. The van der Waals surface area contributed by atoms with Crippen LogP contribution in [-0.4, -0.2) is 21.5 Å². The monoisotopic (exact) mass is 328 g/mol. The molecule has 21 heavy (non-hydrogen) atoms. The molecule has 7 heteroatoms. The molecule has 1 N–H and O–H groups in total. The molecule has 0 amide bonds. The van der Waals surface area contributed by atoms with Gasteiger partial charge in [-0.15, -0.1) is 0 Å². The molecule has 0 aliphatic heterocycles. The standard InChI is InChI=1S/C14H21.Al.H3O5P/c1-13(2,3)11-8-7-9-12(10-11)14(4,5)6;;1-5-6(2,3)4/h7-8,10H,1-6H3;;1H,(H2,2,3,4)/q;+2;/p-2. The average molecular weight is 328 g/mol. The van der Waals surface area contributed by atoms with E-state index in [9.17, 15) is 0 Å². The van der Waals surface area contributed by atoms with Gasteiger partial charge in [0.1, 0.15) is 0 Å². The van der Waals surface area contributed by atoms with Crippen molar-refractivity contribution < 1.29 is 24.3 Å². The Balaban J connectivity index is 0.000000567. The third-order valence-electron chi connectivity index (χ3n) is 2.83. The maximum Gasteiger partial charge on any atom is 0.0998 e. The first kappa shape index (κ1) is 20.8. The van der Waals surface area contributed by atoms with Gasteiger partial charge in [0.2, 0.25) is 0 Å². The summed E-state index contributed by atoms with van der Waals surface area (Å²) < 4.78 is 12.7. The topological polar surface area (TPSA) is 92.7 Å². The second-order valence-electron chi connectivity index (χ2n) is 6.83. The first-order chi connectivity index (χ1) is 9.18. The van der Waals surface area contributed by atoms with Crippen molar-refractivity contribution in [3.8, 4) is 0 Å². The van der Waals surface area contributed by atoms with Gasteiger partial charge in [0, 0.05) is 0 Å². The summed E-state index contributed by atoms with van der Waals surface area (Å²) in [6.45, 7) is 13.6. The molecule has 0 aliphatic carbocycles. The molecule has 5 nitrogen and oxygen atoms in total. The van der Waals surface area contributed by atoms with Gasteiger partial charge in [0.15, 0.2) is 0 Å². The number of rotatable bonds is 1. The maximum atomic E-state index is 9.00. The van der Waals surface area contributed by atoms with E-state index in [1.807, 2.05) is 0 Å². The van der Waals surface area contributed by atoms with E-state index in [0.717, 1.165) is 0 Å². The van der Waals surface area contributed by atoms with E-state index in [-0.39, 0.29) is 10.8 Å². The zero-order chi connectivity index (χ0) is 17.1. The van der Waals surface area contributed by atoms with Crippen molar-refractivity contribution in [1.29, 1.82) is 0 Å². The molecular formula is C14H22AlO5P. The zero-order valence-corrected chi connectivity index (χ0v) is 15.4. The Morgan fingerprint density at radius 3 is 1.81 bits per heavy atom. The van der Waals surface area contributed by atoms with Gasteiger partial charge in [-0.3, -0.25) is 0 Å². The largest absolute Gasteiger partial charge is 0.788 e. The third kappa shape index (κ3) is 8.13. The van der Waals surface area contributed by atoms with Gasteiger partial charge in [-0.1, -0.05) is 0 Å². The number of benzene rings is 1. The molecule has 0 bridgehead atoms. The van der Waals surface area contributed by atoms with Gasteiger partial charge in [-0.05, 0) is 0 Å². The van der Waals surface area contributed by atoms with Crippen molar-refractivity contribution in [3.63, 3.8) is 0 Å². The fraction of sp³-hybridized carbons (Fsp3) is 0.571.